The van der Waals surface area contributed by atoms with Gasteiger partial charge in [0.15, 0.2) is 0 Å². The first-order chi connectivity index (χ1) is 13.2. The first-order valence-electron chi connectivity index (χ1n) is 9.02. The van der Waals surface area contributed by atoms with Gasteiger partial charge in [-0.1, -0.05) is 17.1 Å². The molecule has 3 aromatic rings. The Balaban J connectivity index is 1.61. The quantitative estimate of drug-likeness (QED) is 0.651. The van der Waals surface area contributed by atoms with E-state index in [2.05, 4.69) is 37.1 Å². The third-order valence-corrected chi connectivity index (χ3v) is 3.92. The van der Waals surface area contributed by atoms with E-state index in [1.165, 1.54) is 12.8 Å². The lowest BCUT2D eigenvalue weighted by Gasteiger charge is -2.12. The van der Waals surface area contributed by atoms with E-state index in [9.17, 15) is 0 Å². The zero-order valence-electron chi connectivity index (χ0n) is 15.3. The number of aromatic nitrogens is 6. The van der Waals surface area contributed by atoms with Gasteiger partial charge in [-0.15, -0.1) is 5.10 Å². The van der Waals surface area contributed by atoms with E-state index in [4.69, 9.17) is 4.74 Å². The van der Waals surface area contributed by atoms with E-state index in [1.807, 2.05) is 26.1 Å². The molecular formula is C20H20N6O. The SMILES string of the molecule is CC(C)Oc1cc(C#CC2CC2)cnc1-c1cn(Cc2ncccn2)nn1. The molecule has 1 fully saturated rings. The summed E-state index contributed by atoms with van der Waals surface area (Å²) >= 11 is 0. The molecule has 0 saturated heterocycles. The van der Waals surface area contributed by atoms with Crippen LogP contribution in [0.3, 0.4) is 0 Å². The predicted molar refractivity (Wildman–Crippen MR) is 99.8 cm³/mol. The standard InChI is InChI=1S/C20H20N6O/c1-14(2)27-18-10-16(7-6-15-4-5-15)11-23-20(18)17-12-26(25-24-17)13-19-21-8-3-9-22-19/h3,8-12,14-15H,4-5,13H2,1-2H3. The maximum atomic E-state index is 5.96. The molecule has 0 radical (unpaired) electrons. The first kappa shape index (κ1) is 17.2. The Hall–Kier alpha value is -3.27. The maximum Gasteiger partial charge on any atom is 0.149 e. The number of pyridine rings is 1. The van der Waals surface area contributed by atoms with Crippen LogP contribution in [0, 0.1) is 17.8 Å². The summed E-state index contributed by atoms with van der Waals surface area (Å²) in [6.45, 7) is 4.41. The van der Waals surface area contributed by atoms with Crippen LogP contribution in [0.1, 0.15) is 38.1 Å². The molecule has 0 bridgehead atoms. The Labute approximate surface area is 157 Å². The highest BCUT2D eigenvalue weighted by atomic mass is 16.5. The van der Waals surface area contributed by atoms with Gasteiger partial charge in [-0.25, -0.2) is 19.6 Å². The summed E-state index contributed by atoms with van der Waals surface area (Å²) < 4.78 is 7.65. The smallest absolute Gasteiger partial charge is 0.149 e. The van der Waals surface area contributed by atoms with Crippen LogP contribution >= 0.6 is 0 Å². The number of hydrogen-bond donors (Lipinski definition) is 0. The number of hydrogen-bond acceptors (Lipinski definition) is 6. The Kier molecular flexibility index (Phi) is 4.79. The third kappa shape index (κ3) is 4.47. The van der Waals surface area contributed by atoms with Crippen LogP contribution in [-0.4, -0.2) is 36.0 Å². The maximum absolute atomic E-state index is 5.96. The molecule has 0 aliphatic heterocycles. The average molecular weight is 360 g/mol. The summed E-state index contributed by atoms with van der Waals surface area (Å²) in [5.41, 5.74) is 2.15. The van der Waals surface area contributed by atoms with Crippen molar-refractivity contribution in [3.63, 3.8) is 0 Å². The van der Waals surface area contributed by atoms with Gasteiger partial charge in [0.1, 0.15) is 29.5 Å². The van der Waals surface area contributed by atoms with Gasteiger partial charge in [-0.2, -0.15) is 0 Å². The molecule has 3 aromatic heterocycles. The van der Waals surface area contributed by atoms with E-state index in [0.29, 0.717) is 35.4 Å². The Morgan fingerprint density at radius 3 is 2.78 bits per heavy atom. The van der Waals surface area contributed by atoms with Gasteiger partial charge in [-0.05, 0) is 38.8 Å². The van der Waals surface area contributed by atoms with Crippen molar-refractivity contribution in [1.29, 1.82) is 0 Å². The fourth-order valence-electron chi connectivity index (χ4n) is 2.50. The average Bonchev–Trinajstić information content (AvgIpc) is 3.38. The molecule has 0 unspecified atom stereocenters. The predicted octanol–water partition coefficient (Wildman–Crippen LogP) is 2.73. The minimum atomic E-state index is 0.0185. The second-order valence-corrected chi connectivity index (χ2v) is 6.75. The lowest BCUT2D eigenvalue weighted by Crippen LogP contribution is -2.07. The molecule has 4 rings (SSSR count). The summed E-state index contributed by atoms with van der Waals surface area (Å²) in [6, 6.07) is 3.71. The van der Waals surface area contributed by atoms with E-state index in [-0.39, 0.29) is 6.10 Å². The van der Waals surface area contributed by atoms with Gasteiger partial charge < -0.3 is 4.74 Å². The van der Waals surface area contributed by atoms with E-state index in [1.54, 1.807) is 29.3 Å². The Bertz CT molecular complexity index is 982. The van der Waals surface area contributed by atoms with Crippen molar-refractivity contribution < 1.29 is 4.74 Å². The Morgan fingerprint density at radius 1 is 1.22 bits per heavy atom. The van der Waals surface area contributed by atoms with Crippen LogP contribution in [0.5, 0.6) is 5.75 Å². The van der Waals surface area contributed by atoms with Crippen molar-refractivity contribution in [3.8, 4) is 29.0 Å². The number of rotatable bonds is 5. The third-order valence-electron chi connectivity index (χ3n) is 3.92. The van der Waals surface area contributed by atoms with Crippen molar-refractivity contribution in [1.82, 2.24) is 29.9 Å². The largest absolute Gasteiger partial charge is 0.489 e. The Morgan fingerprint density at radius 2 is 2.04 bits per heavy atom. The van der Waals surface area contributed by atoms with Gasteiger partial charge in [0.25, 0.3) is 0 Å². The molecule has 1 saturated carbocycles. The molecule has 3 heterocycles. The van der Waals surface area contributed by atoms with Crippen LogP contribution in [0.25, 0.3) is 11.4 Å². The molecule has 0 atom stereocenters. The fraction of sp³-hybridized carbons (Fsp3) is 0.350. The highest BCUT2D eigenvalue weighted by Gasteiger charge is 2.18. The molecule has 0 spiro atoms. The molecule has 0 amide bonds. The minimum absolute atomic E-state index is 0.0185. The summed E-state index contributed by atoms with van der Waals surface area (Å²) in [5, 5.41) is 8.40. The van der Waals surface area contributed by atoms with Crippen LogP contribution in [-0.2, 0) is 6.54 Å². The van der Waals surface area contributed by atoms with Crippen molar-refractivity contribution in [3.05, 3.63) is 48.3 Å². The molecular weight excluding hydrogens is 340 g/mol. The molecule has 0 aromatic carbocycles. The molecule has 1 aliphatic carbocycles. The fourth-order valence-corrected chi connectivity index (χ4v) is 2.50. The lowest BCUT2D eigenvalue weighted by atomic mass is 10.2. The van der Waals surface area contributed by atoms with Crippen LogP contribution in [0.15, 0.2) is 36.9 Å². The molecule has 7 heteroatoms. The first-order valence-corrected chi connectivity index (χ1v) is 9.02. The molecule has 7 nitrogen and oxygen atoms in total. The van der Waals surface area contributed by atoms with Crippen molar-refractivity contribution in [2.24, 2.45) is 5.92 Å². The topological polar surface area (TPSA) is 78.6 Å². The van der Waals surface area contributed by atoms with Crippen LogP contribution < -0.4 is 4.74 Å². The van der Waals surface area contributed by atoms with Gasteiger partial charge in [0.05, 0.1) is 12.3 Å². The summed E-state index contributed by atoms with van der Waals surface area (Å²) in [7, 11) is 0. The second kappa shape index (κ2) is 7.54. The summed E-state index contributed by atoms with van der Waals surface area (Å²) in [4.78, 5) is 13.0. The monoisotopic (exact) mass is 360 g/mol. The van der Waals surface area contributed by atoms with Crippen LogP contribution in [0.4, 0.5) is 0 Å². The number of ether oxygens (including phenoxy) is 1. The zero-order valence-corrected chi connectivity index (χ0v) is 15.3. The van der Waals surface area contributed by atoms with Crippen molar-refractivity contribution >= 4 is 0 Å². The van der Waals surface area contributed by atoms with E-state index < -0.39 is 0 Å². The van der Waals surface area contributed by atoms with Crippen LogP contribution in [0.2, 0.25) is 0 Å². The number of nitrogens with zero attached hydrogens (tertiary/aromatic N) is 6. The normalized spacial score (nSPS) is 13.3. The highest BCUT2D eigenvalue weighted by Crippen LogP contribution is 2.29. The molecule has 0 N–H and O–H groups in total. The highest BCUT2D eigenvalue weighted by molar-refractivity contribution is 5.63. The molecule has 1 aliphatic rings. The summed E-state index contributed by atoms with van der Waals surface area (Å²) in [5.74, 6) is 8.32. The van der Waals surface area contributed by atoms with E-state index in [0.717, 1.165) is 5.56 Å². The van der Waals surface area contributed by atoms with Gasteiger partial charge in [-0.3, -0.25) is 0 Å². The molecule has 136 valence electrons. The van der Waals surface area contributed by atoms with E-state index >= 15 is 0 Å². The van der Waals surface area contributed by atoms with Crippen molar-refractivity contribution in [2.45, 2.75) is 39.3 Å². The van der Waals surface area contributed by atoms with Gasteiger partial charge in [0.2, 0.25) is 0 Å². The second-order valence-electron chi connectivity index (χ2n) is 6.75. The zero-order chi connectivity index (χ0) is 18.6. The minimum Gasteiger partial charge on any atom is -0.489 e. The van der Waals surface area contributed by atoms with Crippen molar-refractivity contribution in [2.75, 3.05) is 0 Å². The summed E-state index contributed by atoms with van der Waals surface area (Å²) in [6.07, 6.45) is 9.41. The lowest BCUT2D eigenvalue weighted by molar-refractivity contribution is 0.242. The molecule has 27 heavy (non-hydrogen) atoms. The van der Waals surface area contributed by atoms with Gasteiger partial charge >= 0.3 is 0 Å². The van der Waals surface area contributed by atoms with Gasteiger partial charge in [0, 0.05) is 30.1 Å².